The molecule has 1 N–H and O–H groups in total. The standard InChI is InChI=1S/C22H23NO7/c1-4-30-22(27)19-18(21(25)26)15-7-5-6-8-16(15)20(24)23(19)12-13-9-10-14(28-2)11-17(13)29-3/h5-11,18-19H,4,12H2,1-3H3,(H,25,26). The second-order valence-electron chi connectivity index (χ2n) is 6.71. The van der Waals surface area contributed by atoms with Crippen molar-refractivity contribution in [1.29, 1.82) is 0 Å². The van der Waals surface area contributed by atoms with Crippen LogP contribution in [-0.4, -0.2) is 54.7 Å². The minimum absolute atomic E-state index is 0.0341. The van der Waals surface area contributed by atoms with Gasteiger partial charge in [-0.2, -0.15) is 0 Å². The lowest BCUT2D eigenvalue weighted by molar-refractivity contribution is -0.155. The van der Waals surface area contributed by atoms with Crippen molar-refractivity contribution in [2.45, 2.75) is 25.4 Å². The molecular weight excluding hydrogens is 390 g/mol. The van der Waals surface area contributed by atoms with E-state index in [2.05, 4.69) is 0 Å². The first-order valence-electron chi connectivity index (χ1n) is 9.43. The molecule has 0 saturated carbocycles. The van der Waals surface area contributed by atoms with Crippen molar-refractivity contribution < 1.29 is 33.7 Å². The molecule has 1 aliphatic heterocycles. The highest BCUT2D eigenvalue weighted by atomic mass is 16.5. The van der Waals surface area contributed by atoms with Gasteiger partial charge in [-0.25, -0.2) is 4.79 Å². The molecule has 2 aromatic rings. The van der Waals surface area contributed by atoms with Crippen molar-refractivity contribution in [3.8, 4) is 11.5 Å². The maximum atomic E-state index is 13.3. The maximum absolute atomic E-state index is 13.3. The van der Waals surface area contributed by atoms with Crippen molar-refractivity contribution >= 4 is 17.8 Å². The van der Waals surface area contributed by atoms with Crippen molar-refractivity contribution in [3.05, 3.63) is 59.2 Å². The molecule has 0 fully saturated rings. The highest BCUT2D eigenvalue weighted by Crippen LogP contribution is 2.36. The van der Waals surface area contributed by atoms with Gasteiger partial charge in [0, 0.05) is 17.2 Å². The molecule has 30 heavy (non-hydrogen) atoms. The number of fused-ring (bicyclic) bond motifs is 1. The number of nitrogens with zero attached hydrogens (tertiary/aromatic N) is 1. The van der Waals surface area contributed by atoms with Gasteiger partial charge >= 0.3 is 11.9 Å². The molecule has 8 nitrogen and oxygen atoms in total. The molecule has 0 saturated heterocycles. The highest BCUT2D eigenvalue weighted by molar-refractivity contribution is 6.04. The summed E-state index contributed by atoms with van der Waals surface area (Å²) >= 11 is 0. The third-order valence-electron chi connectivity index (χ3n) is 5.07. The van der Waals surface area contributed by atoms with E-state index >= 15 is 0 Å². The van der Waals surface area contributed by atoms with E-state index in [4.69, 9.17) is 14.2 Å². The quantitative estimate of drug-likeness (QED) is 0.696. The fourth-order valence-corrected chi connectivity index (χ4v) is 3.69. The minimum atomic E-state index is -1.31. The molecule has 1 aliphatic rings. The van der Waals surface area contributed by atoms with Crippen LogP contribution in [0.3, 0.4) is 0 Å². The van der Waals surface area contributed by atoms with E-state index in [-0.39, 0.29) is 18.7 Å². The normalized spacial score (nSPS) is 17.8. The molecule has 1 amide bonds. The summed E-state index contributed by atoms with van der Waals surface area (Å²) in [5.41, 5.74) is 1.15. The van der Waals surface area contributed by atoms with E-state index in [9.17, 15) is 19.5 Å². The molecule has 2 aromatic carbocycles. The Hall–Kier alpha value is -3.55. The number of ether oxygens (including phenoxy) is 3. The SMILES string of the molecule is CCOC(=O)C1C(C(=O)O)c2ccccc2C(=O)N1Cc1ccc(OC)cc1OC. The molecule has 8 heteroatoms. The van der Waals surface area contributed by atoms with Gasteiger partial charge < -0.3 is 24.2 Å². The first-order valence-corrected chi connectivity index (χ1v) is 9.43. The number of methoxy groups -OCH3 is 2. The summed E-state index contributed by atoms with van der Waals surface area (Å²) in [6.07, 6.45) is 0. The summed E-state index contributed by atoms with van der Waals surface area (Å²) in [6, 6.07) is 10.2. The zero-order valence-electron chi connectivity index (χ0n) is 17.0. The molecule has 0 aliphatic carbocycles. The number of benzene rings is 2. The van der Waals surface area contributed by atoms with Gasteiger partial charge in [-0.1, -0.05) is 18.2 Å². The van der Waals surface area contributed by atoms with Gasteiger partial charge in [0.25, 0.3) is 5.91 Å². The second kappa shape index (κ2) is 8.86. The predicted molar refractivity (Wildman–Crippen MR) is 107 cm³/mol. The van der Waals surface area contributed by atoms with Gasteiger partial charge in [-0.05, 0) is 30.7 Å². The van der Waals surface area contributed by atoms with E-state index < -0.39 is 29.8 Å². The highest BCUT2D eigenvalue weighted by Gasteiger charge is 2.48. The van der Waals surface area contributed by atoms with Crippen LogP contribution in [0.5, 0.6) is 11.5 Å². The topological polar surface area (TPSA) is 102 Å². The van der Waals surface area contributed by atoms with Crippen molar-refractivity contribution in [3.63, 3.8) is 0 Å². The lowest BCUT2D eigenvalue weighted by Crippen LogP contribution is -2.54. The summed E-state index contributed by atoms with van der Waals surface area (Å²) in [7, 11) is 3.00. The smallest absolute Gasteiger partial charge is 0.330 e. The Kier molecular flexibility index (Phi) is 6.25. The monoisotopic (exact) mass is 413 g/mol. The van der Waals surface area contributed by atoms with E-state index in [0.717, 1.165) is 0 Å². The number of amides is 1. The van der Waals surface area contributed by atoms with Crippen LogP contribution in [0.1, 0.15) is 34.3 Å². The van der Waals surface area contributed by atoms with Gasteiger partial charge in [0.15, 0.2) is 0 Å². The largest absolute Gasteiger partial charge is 0.497 e. The van der Waals surface area contributed by atoms with Gasteiger partial charge in [0.05, 0.1) is 27.4 Å². The number of rotatable bonds is 7. The Balaban J connectivity index is 2.12. The lowest BCUT2D eigenvalue weighted by Gasteiger charge is -2.39. The first kappa shape index (κ1) is 21.2. The van der Waals surface area contributed by atoms with Crippen LogP contribution in [-0.2, 0) is 20.9 Å². The Labute approximate surface area is 174 Å². The summed E-state index contributed by atoms with van der Waals surface area (Å²) in [5.74, 6) is -2.65. The Bertz CT molecular complexity index is 972. The van der Waals surface area contributed by atoms with Crippen molar-refractivity contribution in [1.82, 2.24) is 4.90 Å². The molecule has 0 aromatic heterocycles. The van der Waals surface area contributed by atoms with Crippen molar-refractivity contribution in [2.24, 2.45) is 0 Å². The number of esters is 1. The number of aliphatic carboxylic acids is 1. The molecule has 0 radical (unpaired) electrons. The molecule has 158 valence electrons. The Morgan fingerprint density at radius 3 is 2.47 bits per heavy atom. The lowest BCUT2D eigenvalue weighted by atomic mass is 9.82. The van der Waals surface area contributed by atoms with Gasteiger partial charge in [0.1, 0.15) is 23.5 Å². The van der Waals surface area contributed by atoms with Crippen LogP contribution < -0.4 is 9.47 Å². The van der Waals surface area contributed by atoms with Crippen LogP contribution in [0.2, 0.25) is 0 Å². The number of carboxylic acid groups (broad SMARTS) is 1. The van der Waals surface area contributed by atoms with Crippen LogP contribution in [0.25, 0.3) is 0 Å². The zero-order chi connectivity index (χ0) is 21.8. The predicted octanol–water partition coefficient (Wildman–Crippen LogP) is 2.46. The van der Waals surface area contributed by atoms with Crippen LogP contribution in [0.4, 0.5) is 0 Å². The van der Waals surface area contributed by atoms with Crippen molar-refractivity contribution in [2.75, 3.05) is 20.8 Å². The van der Waals surface area contributed by atoms with Crippen LogP contribution in [0, 0.1) is 0 Å². The van der Waals surface area contributed by atoms with E-state index in [1.54, 1.807) is 49.4 Å². The van der Waals surface area contributed by atoms with Crippen LogP contribution in [0.15, 0.2) is 42.5 Å². The molecule has 3 rings (SSSR count). The fraction of sp³-hybridized carbons (Fsp3) is 0.318. The van der Waals surface area contributed by atoms with E-state index in [1.807, 2.05) is 0 Å². The van der Waals surface area contributed by atoms with Gasteiger partial charge in [-0.15, -0.1) is 0 Å². The van der Waals surface area contributed by atoms with Crippen LogP contribution >= 0.6 is 0 Å². The Morgan fingerprint density at radius 2 is 1.83 bits per heavy atom. The average Bonchev–Trinajstić information content (AvgIpc) is 2.75. The van der Waals surface area contributed by atoms with E-state index in [1.165, 1.54) is 19.1 Å². The summed E-state index contributed by atoms with van der Waals surface area (Å²) < 4.78 is 15.7. The molecule has 0 bridgehead atoms. The third-order valence-corrected chi connectivity index (χ3v) is 5.07. The number of hydrogen-bond acceptors (Lipinski definition) is 6. The molecule has 0 spiro atoms. The number of carbonyl (C=O) groups is 3. The first-order chi connectivity index (χ1) is 14.4. The maximum Gasteiger partial charge on any atom is 0.330 e. The zero-order valence-corrected chi connectivity index (χ0v) is 17.0. The number of carboxylic acids is 1. The number of carbonyl (C=O) groups excluding carboxylic acids is 2. The fourth-order valence-electron chi connectivity index (χ4n) is 3.69. The molecule has 2 atom stereocenters. The summed E-state index contributed by atoms with van der Waals surface area (Å²) in [6.45, 7) is 1.66. The van der Waals surface area contributed by atoms with Gasteiger partial charge in [-0.3, -0.25) is 9.59 Å². The molecule has 2 unspecified atom stereocenters. The Morgan fingerprint density at radius 1 is 1.10 bits per heavy atom. The van der Waals surface area contributed by atoms with E-state index in [0.29, 0.717) is 22.6 Å². The third kappa shape index (κ3) is 3.80. The number of hydrogen-bond donors (Lipinski definition) is 1. The average molecular weight is 413 g/mol. The molecule has 1 heterocycles. The molecular formula is C22H23NO7. The summed E-state index contributed by atoms with van der Waals surface area (Å²) in [4.78, 5) is 39.5. The second-order valence-corrected chi connectivity index (χ2v) is 6.71. The van der Waals surface area contributed by atoms with Gasteiger partial charge in [0.2, 0.25) is 0 Å². The summed E-state index contributed by atoms with van der Waals surface area (Å²) in [5, 5.41) is 9.92. The minimum Gasteiger partial charge on any atom is -0.497 e.